The first-order valence-corrected chi connectivity index (χ1v) is 9.45. The molecule has 8 heteroatoms. The second-order valence-corrected chi connectivity index (χ2v) is 8.27. The minimum Gasteiger partial charge on any atom is -0.465 e. The molecule has 1 N–H and O–H groups in total. The third kappa shape index (κ3) is 4.70. The van der Waals surface area contributed by atoms with Crippen LogP contribution < -0.4 is 0 Å². The molecule has 0 saturated carbocycles. The van der Waals surface area contributed by atoms with E-state index in [9.17, 15) is 14.9 Å². The number of nitrogens with one attached hydrogen (secondary N) is 1. The number of thioether (sulfide) groups is 1. The predicted molar refractivity (Wildman–Crippen MR) is 110 cm³/mol. The maximum atomic E-state index is 12.3. The van der Waals surface area contributed by atoms with E-state index in [0.29, 0.717) is 17.1 Å². The van der Waals surface area contributed by atoms with E-state index in [1.807, 2.05) is 6.07 Å². The molecule has 0 aromatic heterocycles. The molecule has 2 rings (SSSR count). The molecule has 27 heavy (non-hydrogen) atoms. The molecule has 0 radical (unpaired) electrons. The van der Waals surface area contributed by atoms with Gasteiger partial charge in [-0.1, -0.05) is 6.07 Å². The highest BCUT2D eigenvalue weighted by Gasteiger charge is 2.32. The predicted octanol–water partition coefficient (Wildman–Crippen LogP) is 4.98. The van der Waals surface area contributed by atoms with Gasteiger partial charge in [0.2, 0.25) is 0 Å². The highest BCUT2D eigenvalue weighted by Crippen LogP contribution is 2.43. The minimum absolute atomic E-state index is 0.0104. The van der Waals surface area contributed by atoms with Crippen LogP contribution in [0.2, 0.25) is 0 Å². The maximum Gasteiger partial charge on any atom is 0.321 e. The third-order valence-corrected chi connectivity index (χ3v) is 5.54. The number of carbonyl (C=O) groups is 1. The Morgan fingerprint density at radius 2 is 1.93 bits per heavy atom. The van der Waals surface area contributed by atoms with Gasteiger partial charge in [-0.15, -0.1) is 24.4 Å². The van der Waals surface area contributed by atoms with Crippen molar-refractivity contribution < 1.29 is 14.5 Å². The van der Waals surface area contributed by atoms with E-state index in [1.165, 1.54) is 30.1 Å². The Morgan fingerprint density at radius 3 is 2.44 bits per heavy atom. The van der Waals surface area contributed by atoms with Crippen LogP contribution in [0, 0.1) is 15.5 Å². The fourth-order valence-corrected chi connectivity index (χ4v) is 4.05. The maximum absolute atomic E-state index is 12.3. The lowest BCUT2D eigenvalue weighted by atomic mass is 10.0. The van der Waals surface area contributed by atoms with Crippen molar-refractivity contribution >= 4 is 42.3 Å². The highest BCUT2D eigenvalue weighted by atomic mass is 32.2. The van der Waals surface area contributed by atoms with Crippen molar-refractivity contribution in [2.75, 3.05) is 6.61 Å². The van der Waals surface area contributed by atoms with Gasteiger partial charge in [0.1, 0.15) is 4.75 Å². The summed E-state index contributed by atoms with van der Waals surface area (Å²) in [5.74, 6) is -0.332. The van der Waals surface area contributed by atoms with Crippen LogP contribution in [0.15, 0.2) is 46.2 Å². The van der Waals surface area contributed by atoms with E-state index in [0.717, 1.165) is 16.0 Å². The van der Waals surface area contributed by atoms with Crippen molar-refractivity contribution in [2.24, 2.45) is 0 Å². The lowest BCUT2D eigenvalue weighted by Crippen LogP contribution is -2.30. The molecule has 0 aliphatic carbocycles. The number of benzene rings is 2. The Labute approximate surface area is 167 Å². The smallest absolute Gasteiger partial charge is 0.321 e. The number of non-ortho nitro benzene ring substituents is 1. The van der Waals surface area contributed by atoms with Gasteiger partial charge in [-0.25, -0.2) is 0 Å². The van der Waals surface area contributed by atoms with Gasteiger partial charge in [0, 0.05) is 39.3 Å². The van der Waals surface area contributed by atoms with Crippen LogP contribution in [0.25, 0.3) is 11.1 Å². The number of esters is 1. The standard InChI is InChI=1S/C19H20N2O4S2/c1-4-25-18(22)19(2,3)27-15-10-7-13(11-20)17(26)16(15)12-5-8-14(9-6-12)21(23)24/h5-11,20,26H,4H2,1-3H3. The van der Waals surface area contributed by atoms with Crippen LogP contribution in [0.3, 0.4) is 0 Å². The van der Waals surface area contributed by atoms with Gasteiger partial charge in [-0.2, -0.15) is 0 Å². The number of thiol groups is 1. The van der Waals surface area contributed by atoms with Crippen molar-refractivity contribution in [3.8, 4) is 11.1 Å². The minimum atomic E-state index is -0.835. The Kier molecular flexibility index (Phi) is 6.67. The van der Waals surface area contributed by atoms with Gasteiger partial charge >= 0.3 is 5.97 Å². The van der Waals surface area contributed by atoms with Gasteiger partial charge < -0.3 is 10.1 Å². The molecule has 0 spiro atoms. The topological polar surface area (TPSA) is 93.3 Å². The first kappa shape index (κ1) is 21.0. The molecular formula is C19H20N2O4S2. The van der Waals surface area contributed by atoms with Crippen molar-refractivity contribution in [2.45, 2.75) is 35.3 Å². The van der Waals surface area contributed by atoms with Crippen molar-refractivity contribution in [1.82, 2.24) is 0 Å². The van der Waals surface area contributed by atoms with Crippen LogP contribution >= 0.6 is 24.4 Å². The molecular weight excluding hydrogens is 384 g/mol. The summed E-state index contributed by atoms with van der Waals surface area (Å²) in [5, 5.41) is 18.5. The lowest BCUT2D eigenvalue weighted by Gasteiger charge is -2.24. The van der Waals surface area contributed by atoms with E-state index in [1.54, 1.807) is 39.0 Å². The second-order valence-electron chi connectivity index (χ2n) is 6.16. The molecule has 0 aliphatic rings. The molecule has 0 fully saturated rings. The molecule has 0 bridgehead atoms. The number of hydrogen-bond acceptors (Lipinski definition) is 7. The molecule has 2 aromatic rings. The molecule has 0 saturated heterocycles. The molecule has 0 amide bonds. The first-order valence-electron chi connectivity index (χ1n) is 8.18. The Hall–Kier alpha value is -2.32. The molecule has 0 atom stereocenters. The van der Waals surface area contributed by atoms with Gasteiger partial charge in [-0.3, -0.25) is 14.9 Å². The quantitative estimate of drug-likeness (QED) is 0.169. The summed E-state index contributed by atoms with van der Waals surface area (Å²) < 4.78 is 4.32. The summed E-state index contributed by atoms with van der Waals surface area (Å²) in [7, 11) is 0. The lowest BCUT2D eigenvalue weighted by molar-refractivity contribution is -0.384. The zero-order chi connectivity index (χ0) is 20.2. The Balaban J connectivity index is 2.56. The zero-order valence-electron chi connectivity index (χ0n) is 15.2. The van der Waals surface area contributed by atoms with E-state index >= 15 is 0 Å². The van der Waals surface area contributed by atoms with Gasteiger partial charge in [-0.05, 0) is 44.5 Å². The van der Waals surface area contributed by atoms with E-state index in [-0.39, 0.29) is 11.7 Å². The third-order valence-electron chi connectivity index (χ3n) is 3.83. The summed E-state index contributed by atoms with van der Waals surface area (Å²) in [6.07, 6.45) is 1.20. The largest absolute Gasteiger partial charge is 0.465 e. The summed E-state index contributed by atoms with van der Waals surface area (Å²) in [5.41, 5.74) is 2.04. The average molecular weight is 405 g/mol. The monoisotopic (exact) mass is 404 g/mol. The zero-order valence-corrected chi connectivity index (χ0v) is 16.9. The van der Waals surface area contributed by atoms with Crippen LogP contribution in [-0.4, -0.2) is 28.5 Å². The number of hydrogen-bond donors (Lipinski definition) is 2. The van der Waals surface area contributed by atoms with Crippen LogP contribution in [-0.2, 0) is 9.53 Å². The van der Waals surface area contributed by atoms with Gasteiger partial charge in [0.15, 0.2) is 0 Å². The molecule has 0 heterocycles. The van der Waals surface area contributed by atoms with Crippen molar-refractivity contribution in [1.29, 1.82) is 5.41 Å². The fourth-order valence-electron chi connectivity index (χ4n) is 2.44. The van der Waals surface area contributed by atoms with Crippen LogP contribution in [0.5, 0.6) is 0 Å². The highest BCUT2D eigenvalue weighted by molar-refractivity contribution is 8.01. The SMILES string of the molecule is CCOC(=O)C(C)(C)Sc1ccc(C=N)c(S)c1-c1ccc([N+](=O)[O-])cc1. The molecule has 142 valence electrons. The molecule has 0 aliphatic heterocycles. The summed E-state index contributed by atoms with van der Waals surface area (Å²) in [4.78, 5) is 24.1. The average Bonchev–Trinajstić information content (AvgIpc) is 2.62. The van der Waals surface area contributed by atoms with E-state index in [4.69, 9.17) is 10.1 Å². The fraction of sp³-hybridized carbons (Fsp3) is 0.263. The van der Waals surface area contributed by atoms with Crippen LogP contribution in [0.4, 0.5) is 5.69 Å². The van der Waals surface area contributed by atoms with Crippen molar-refractivity contribution in [3.05, 3.63) is 52.1 Å². The van der Waals surface area contributed by atoms with E-state index < -0.39 is 9.67 Å². The number of nitro benzene ring substituents is 1. The second kappa shape index (κ2) is 8.58. The Bertz CT molecular complexity index is 880. The van der Waals surface area contributed by atoms with Crippen molar-refractivity contribution in [3.63, 3.8) is 0 Å². The molecule has 6 nitrogen and oxygen atoms in total. The normalized spacial score (nSPS) is 11.1. The summed E-state index contributed by atoms with van der Waals surface area (Å²) in [6.45, 7) is 5.60. The number of nitro groups is 1. The number of rotatable bonds is 7. The van der Waals surface area contributed by atoms with Crippen LogP contribution in [0.1, 0.15) is 26.3 Å². The summed E-state index contributed by atoms with van der Waals surface area (Å²) in [6, 6.07) is 9.70. The molecule has 2 aromatic carbocycles. The molecule has 0 unspecified atom stereocenters. The number of nitrogens with zero attached hydrogens (tertiary/aromatic N) is 1. The number of ether oxygens (including phenoxy) is 1. The number of carbonyl (C=O) groups excluding carboxylic acids is 1. The van der Waals surface area contributed by atoms with E-state index in [2.05, 4.69) is 12.6 Å². The first-order chi connectivity index (χ1) is 12.7. The Morgan fingerprint density at radius 1 is 1.30 bits per heavy atom. The van der Waals surface area contributed by atoms with Gasteiger partial charge in [0.25, 0.3) is 5.69 Å². The summed E-state index contributed by atoms with van der Waals surface area (Å²) >= 11 is 5.89. The van der Waals surface area contributed by atoms with Gasteiger partial charge in [0.05, 0.1) is 11.5 Å².